The lowest BCUT2D eigenvalue weighted by Gasteiger charge is -2.22. The minimum absolute atomic E-state index is 0.0387. The Hall–Kier alpha value is -5.14. The first kappa shape index (κ1) is 33.4. The van der Waals surface area contributed by atoms with Gasteiger partial charge in [-0.25, -0.2) is 35.1 Å². The molecule has 0 atom stereocenters. The Bertz CT molecular complexity index is 2260. The monoisotopic (exact) mass is 712 g/mol. The summed E-state index contributed by atoms with van der Waals surface area (Å²) in [6.07, 6.45) is -2.89. The molecule has 7 rings (SSSR count). The van der Waals surface area contributed by atoms with Crippen molar-refractivity contribution in [1.29, 1.82) is 0 Å². The highest BCUT2D eigenvalue weighted by atomic mass is 19.4. The van der Waals surface area contributed by atoms with Crippen LogP contribution in [0, 0.1) is 46.5 Å². The Balaban J connectivity index is 1.51. The molecule has 0 radical (unpaired) electrons. The maximum atomic E-state index is 15.3. The fourth-order valence-corrected chi connectivity index (χ4v) is 6.77. The Morgan fingerprint density at radius 1 is 0.460 bits per heavy atom. The van der Waals surface area contributed by atoms with Gasteiger partial charge in [-0.1, -0.05) is 60.7 Å². The van der Waals surface area contributed by atoms with Gasteiger partial charge in [-0.15, -0.1) is 0 Å². The molecule has 0 aliphatic heterocycles. The topological polar surface area (TPSA) is 0 Å². The number of allylic oxidation sites excluding steroid dienone is 7. The standard InChI is InChI=1S/C36H14F14/c37-27-23(28(38)32(42)25(31(27)41)35(45,46)47)19-9-8-16-18-10-11-20(24-29(39)33(43)26(36(48,49)50)34(44)30(24)40)17-6-2-1-5-14(22(17)18)13-4-3-7-15(19)21(16)12-13/h1-5,7-11H,6,12H2. The van der Waals surface area contributed by atoms with Crippen LogP contribution in [0.15, 0.2) is 60.2 Å². The van der Waals surface area contributed by atoms with Gasteiger partial charge in [0.15, 0.2) is 46.5 Å². The number of fused-ring (bicyclic) bond motifs is 3. The van der Waals surface area contributed by atoms with Crippen LogP contribution in [-0.4, -0.2) is 0 Å². The van der Waals surface area contributed by atoms with E-state index in [0.717, 1.165) is 12.1 Å². The van der Waals surface area contributed by atoms with Gasteiger partial charge in [-0.2, -0.15) is 26.3 Å². The first-order valence-electron chi connectivity index (χ1n) is 14.4. The van der Waals surface area contributed by atoms with Gasteiger partial charge in [0.1, 0.15) is 11.1 Å². The molecule has 0 amide bonds. The van der Waals surface area contributed by atoms with E-state index < -0.39 is 92.3 Å². The first-order valence-corrected chi connectivity index (χ1v) is 14.4. The highest BCUT2D eigenvalue weighted by Gasteiger charge is 2.44. The fourth-order valence-electron chi connectivity index (χ4n) is 6.77. The van der Waals surface area contributed by atoms with Gasteiger partial charge in [0.05, 0.1) is 11.1 Å². The van der Waals surface area contributed by atoms with E-state index in [2.05, 4.69) is 0 Å². The molecule has 0 spiro atoms. The third kappa shape index (κ3) is 4.74. The number of benzene rings is 4. The molecule has 0 aromatic heterocycles. The van der Waals surface area contributed by atoms with E-state index in [1.54, 1.807) is 12.2 Å². The van der Waals surface area contributed by atoms with Gasteiger partial charge in [-0.05, 0) is 68.5 Å². The van der Waals surface area contributed by atoms with Crippen LogP contribution in [0.3, 0.4) is 0 Å². The molecule has 0 fully saturated rings. The molecule has 14 heteroatoms. The molecular weight excluding hydrogens is 698 g/mol. The van der Waals surface area contributed by atoms with Gasteiger partial charge in [-0.3, -0.25) is 0 Å². The lowest BCUT2D eigenvalue weighted by atomic mass is 9.83. The summed E-state index contributed by atoms with van der Waals surface area (Å²) in [5.74, 6) is -19.7. The quantitative estimate of drug-likeness (QED) is 0.143. The van der Waals surface area contributed by atoms with Crippen LogP contribution in [-0.2, 0) is 25.2 Å². The number of halogens is 14. The molecule has 0 N–H and O–H groups in total. The second-order valence-corrected chi connectivity index (χ2v) is 11.5. The summed E-state index contributed by atoms with van der Waals surface area (Å²) in [4.78, 5) is 0. The van der Waals surface area contributed by atoms with E-state index in [-0.39, 0.29) is 46.2 Å². The van der Waals surface area contributed by atoms with Gasteiger partial charge in [0.25, 0.3) is 0 Å². The molecule has 256 valence electrons. The zero-order chi connectivity index (χ0) is 36.2. The van der Waals surface area contributed by atoms with Crippen molar-refractivity contribution < 1.29 is 61.5 Å². The maximum Gasteiger partial charge on any atom is 0.422 e. The second kappa shape index (κ2) is 11.2. The number of hydrogen-bond donors (Lipinski definition) is 0. The zero-order valence-electron chi connectivity index (χ0n) is 24.5. The molecule has 3 aliphatic carbocycles. The number of hydrogen-bond acceptors (Lipinski definition) is 0. The average molecular weight is 712 g/mol. The summed E-state index contributed by atoms with van der Waals surface area (Å²) < 4.78 is 200. The molecule has 0 nitrogen and oxygen atoms in total. The van der Waals surface area contributed by atoms with Crippen LogP contribution in [0.25, 0.3) is 45.0 Å². The summed E-state index contributed by atoms with van der Waals surface area (Å²) in [6, 6.07) is 4.56. The van der Waals surface area contributed by atoms with Gasteiger partial charge in [0.2, 0.25) is 0 Å². The van der Waals surface area contributed by atoms with Crippen LogP contribution < -0.4 is 0 Å². The summed E-state index contributed by atoms with van der Waals surface area (Å²) in [6.45, 7) is 0. The molecule has 0 saturated carbocycles. The Labute approximate surface area is 272 Å². The van der Waals surface area contributed by atoms with E-state index >= 15 is 17.6 Å². The van der Waals surface area contributed by atoms with Crippen molar-refractivity contribution in [2.45, 2.75) is 25.2 Å². The minimum atomic E-state index is -5.77. The predicted molar refractivity (Wildman–Crippen MR) is 154 cm³/mol. The van der Waals surface area contributed by atoms with Crippen LogP contribution in [0.1, 0.15) is 33.4 Å². The smallest absolute Gasteiger partial charge is 0.203 e. The summed E-state index contributed by atoms with van der Waals surface area (Å²) in [7, 11) is 0. The molecule has 4 aromatic carbocycles. The summed E-state index contributed by atoms with van der Waals surface area (Å²) in [5, 5.41) is 0. The van der Waals surface area contributed by atoms with Crippen molar-refractivity contribution in [2.24, 2.45) is 0 Å². The van der Waals surface area contributed by atoms with Crippen molar-refractivity contribution in [3.8, 4) is 33.4 Å². The summed E-state index contributed by atoms with van der Waals surface area (Å²) >= 11 is 0. The van der Waals surface area contributed by atoms with Crippen molar-refractivity contribution in [3.05, 3.63) is 140 Å². The lowest BCUT2D eigenvalue weighted by Crippen LogP contribution is -2.16. The van der Waals surface area contributed by atoms with Crippen molar-refractivity contribution in [2.75, 3.05) is 0 Å². The molecule has 0 unspecified atom stereocenters. The second-order valence-electron chi connectivity index (χ2n) is 11.5. The highest BCUT2D eigenvalue weighted by Crippen LogP contribution is 2.51. The Morgan fingerprint density at radius 2 is 0.940 bits per heavy atom. The van der Waals surface area contributed by atoms with Crippen LogP contribution in [0.4, 0.5) is 61.5 Å². The van der Waals surface area contributed by atoms with Gasteiger partial charge >= 0.3 is 12.4 Å². The molecular formula is C36H14F14. The van der Waals surface area contributed by atoms with E-state index in [0.29, 0.717) is 11.1 Å². The zero-order valence-corrected chi connectivity index (χ0v) is 24.5. The van der Waals surface area contributed by atoms with E-state index in [1.165, 1.54) is 36.4 Å². The van der Waals surface area contributed by atoms with E-state index in [9.17, 15) is 43.9 Å². The lowest BCUT2D eigenvalue weighted by molar-refractivity contribution is -0.144. The van der Waals surface area contributed by atoms with Crippen LogP contribution in [0.5, 0.6) is 0 Å². The molecule has 2 bridgehead atoms. The predicted octanol–water partition coefficient (Wildman–Crippen LogP) is 11.8. The van der Waals surface area contributed by atoms with Crippen LogP contribution in [0.2, 0.25) is 0 Å². The molecule has 0 saturated heterocycles. The number of rotatable bonds is 2. The largest absolute Gasteiger partial charge is 0.422 e. The molecule has 50 heavy (non-hydrogen) atoms. The average Bonchev–Trinajstić information content (AvgIpc) is 3.44. The minimum Gasteiger partial charge on any atom is -0.203 e. The fraction of sp³-hybridized carbons (Fsp3) is 0.111. The molecule has 3 aliphatic rings. The van der Waals surface area contributed by atoms with Gasteiger partial charge < -0.3 is 0 Å². The van der Waals surface area contributed by atoms with Crippen molar-refractivity contribution in [3.63, 3.8) is 0 Å². The normalized spacial score (nSPS) is 14.9. The SMILES string of the molecule is Fc1c(F)c(C(F)(F)F)c(F)c(F)c1-c1ccc2c3c1C=CC=C(C3)C1=CC=CCc3c(-c4c(F)c(F)c(C(F)(F)F)c(F)c4F)ccc-2c31. The van der Waals surface area contributed by atoms with E-state index in [4.69, 9.17) is 0 Å². The summed E-state index contributed by atoms with van der Waals surface area (Å²) in [5.41, 5.74) is -7.40. The first-order chi connectivity index (χ1) is 23.4. The molecule has 0 heterocycles. The van der Waals surface area contributed by atoms with Crippen molar-refractivity contribution in [1.82, 2.24) is 0 Å². The maximum absolute atomic E-state index is 15.3. The van der Waals surface area contributed by atoms with Gasteiger partial charge in [0, 0.05) is 0 Å². The highest BCUT2D eigenvalue weighted by molar-refractivity contribution is 6.00. The van der Waals surface area contributed by atoms with E-state index in [1.807, 2.05) is 0 Å². The molecule has 4 aromatic rings. The Kier molecular flexibility index (Phi) is 7.47. The van der Waals surface area contributed by atoms with Crippen molar-refractivity contribution >= 4 is 11.6 Å². The van der Waals surface area contributed by atoms with Crippen LogP contribution >= 0.6 is 0 Å². The Morgan fingerprint density at radius 3 is 1.48 bits per heavy atom. The third-order valence-electron chi connectivity index (χ3n) is 8.86. The third-order valence-corrected chi connectivity index (χ3v) is 8.86. The number of alkyl halides is 6.